The van der Waals surface area contributed by atoms with Crippen molar-refractivity contribution in [3.8, 4) is 11.5 Å². The maximum absolute atomic E-state index is 13.1. The molecule has 0 saturated carbocycles. The van der Waals surface area contributed by atoms with E-state index >= 15 is 0 Å². The number of hydrogen-bond donors (Lipinski definition) is 1. The van der Waals surface area contributed by atoms with Gasteiger partial charge in [-0.15, -0.1) is 0 Å². The standard InChI is InChI=1S/C20H23ClN2O5/c1-3-27-18-15(21)10-13(11-17(18)26-2)20(25)23-8-4-7-16(23)19(24)22-12-14-6-5-9-28-14/h5-6,9-11,16H,3-4,7-8,12H2,1-2H3,(H,22,24). The van der Waals surface area contributed by atoms with Crippen LogP contribution in [0, 0.1) is 0 Å². The van der Waals surface area contributed by atoms with Gasteiger partial charge in [-0.2, -0.15) is 0 Å². The van der Waals surface area contributed by atoms with Gasteiger partial charge in [0.15, 0.2) is 11.5 Å². The topological polar surface area (TPSA) is 81.0 Å². The molecule has 2 amide bonds. The van der Waals surface area contributed by atoms with Crippen LogP contribution < -0.4 is 14.8 Å². The van der Waals surface area contributed by atoms with E-state index in [4.69, 9.17) is 25.5 Å². The summed E-state index contributed by atoms with van der Waals surface area (Å²) in [5, 5.41) is 3.12. The van der Waals surface area contributed by atoms with Crippen molar-refractivity contribution in [1.29, 1.82) is 0 Å². The SMILES string of the molecule is CCOc1c(Cl)cc(C(=O)N2CCCC2C(=O)NCc2ccco2)cc1OC. The van der Waals surface area contributed by atoms with Gasteiger partial charge in [0.2, 0.25) is 5.91 Å². The average molecular weight is 407 g/mol. The summed E-state index contributed by atoms with van der Waals surface area (Å²) in [6.07, 6.45) is 2.92. The zero-order valence-electron chi connectivity index (χ0n) is 15.9. The molecule has 0 radical (unpaired) electrons. The van der Waals surface area contributed by atoms with Crippen molar-refractivity contribution in [2.24, 2.45) is 0 Å². The second-order valence-electron chi connectivity index (χ2n) is 6.38. The van der Waals surface area contributed by atoms with Crippen LogP contribution in [0.5, 0.6) is 11.5 Å². The fourth-order valence-corrected chi connectivity index (χ4v) is 3.55. The molecule has 8 heteroatoms. The molecule has 7 nitrogen and oxygen atoms in total. The number of hydrogen-bond acceptors (Lipinski definition) is 5. The van der Waals surface area contributed by atoms with E-state index < -0.39 is 6.04 Å². The number of amides is 2. The van der Waals surface area contributed by atoms with E-state index in [0.29, 0.717) is 47.4 Å². The number of benzene rings is 1. The van der Waals surface area contributed by atoms with Gasteiger partial charge < -0.3 is 24.1 Å². The number of ether oxygens (including phenoxy) is 2. The minimum atomic E-state index is -0.529. The zero-order valence-corrected chi connectivity index (χ0v) is 16.6. The van der Waals surface area contributed by atoms with Crippen LogP contribution in [-0.2, 0) is 11.3 Å². The van der Waals surface area contributed by atoms with Crippen LogP contribution in [-0.4, -0.2) is 43.0 Å². The van der Waals surface area contributed by atoms with E-state index in [0.717, 1.165) is 6.42 Å². The molecule has 1 aromatic heterocycles. The molecular weight excluding hydrogens is 384 g/mol. The number of nitrogens with zero attached hydrogens (tertiary/aromatic N) is 1. The molecule has 1 unspecified atom stereocenters. The quantitative estimate of drug-likeness (QED) is 0.763. The van der Waals surface area contributed by atoms with Crippen molar-refractivity contribution in [2.75, 3.05) is 20.3 Å². The van der Waals surface area contributed by atoms with Crippen LogP contribution in [0.1, 0.15) is 35.9 Å². The van der Waals surface area contributed by atoms with Crippen LogP contribution >= 0.6 is 11.6 Å². The van der Waals surface area contributed by atoms with Crippen LogP contribution in [0.25, 0.3) is 0 Å². The van der Waals surface area contributed by atoms with E-state index in [1.54, 1.807) is 35.4 Å². The predicted molar refractivity (Wildman–Crippen MR) is 104 cm³/mol. The van der Waals surface area contributed by atoms with Gasteiger partial charge in [-0.05, 0) is 44.0 Å². The molecule has 1 atom stereocenters. The Bertz CT molecular complexity index is 837. The van der Waals surface area contributed by atoms with Gasteiger partial charge in [-0.25, -0.2) is 0 Å². The van der Waals surface area contributed by atoms with E-state index in [9.17, 15) is 9.59 Å². The molecule has 1 N–H and O–H groups in total. The molecule has 1 aromatic carbocycles. The first kappa shape index (κ1) is 20.1. The lowest BCUT2D eigenvalue weighted by Crippen LogP contribution is -2.45. The third kappa shape index (κ3) is 4.25. The average Bonchev–Trinajstić information content (AvgIpc) is 3.38. The van der Waals surface area contributed by atoms with Crippen LogP contribution in [0.3, 0.4) is 0 Å². The Kier molecular flexibility index (Phi) is 6.46. The fraction of sp³-hybridized carbons (Fsp3) is 0.400. The number of furan rings is 1. The maximum Gasteiger partial charge on any atom is 0.254 e. The summed E-state index contributed by atoms with van der Waals surface area (Å²) < 4.78 is 16.0. The molecule has 1 aliphatic rings. The van der Waals surface area contributed by atoms with Gasteiger partial charge in [-0.3, -0.25) is 9.59 Å². The third-order valence-electron chi connectivity index (χ3n) is 4.60. The van der Waals surface area contributed by atoms with Gasteiger partial charge in [0.25, 0.3) is 5.91 Å². The molecule has 2 aromatic rings. The first-order valence-electron chi connectivity index (χ1n) is 9.16. The summed E-state index contributed by atoms with van der Waals surface area (Å²) in [6.45, 7) is 3.05. The largest absolute Gasteiger partial charge is 0.493 e. The number of rotatable bonds is 7. The summed E-state index contributed by atoms with van der Waals surface area (Å²) in [5.41, 5.74) is 0.357. The molecule has 150 valence electrons. The number of carbonyl (C=O) groups is 2. The van der Waals surface area contributed by atoms with E-state index in [1.165, 1.54) is 7.11 Å². The molecule has 0 bridgehead atoms. The molecule has 0 aliphatic carbocycles. The number of carbonyl (C=O) groups excluding carboxylic acids is 2. The normalized spacial score (nSPS) is 16.1. The van der Waals surface area contributed by atoms with E-state index in [1.807, 2.05) is 6.92 Å². The van der Waals surface area contributed by atoms with Crippen molar-refractivity contribution < 1.29 is 23.5 Å². The molecule has 1 saturated heterocycles. The molecule has 3 rings (SSSR count). The van der Waals surface area contributed by atoms with Gasteiger partial charge in [-0.1, -0.05) is 11.6 Å². The highest BCUT2D eigenvalue weighted by molar-refractivity contribution is 6.32. The molecule has 1 aliphatic heterocycles. The van der Waals surface area contributed by atoms with Crippen molar-refractivity contribution in [1.82, 2.24) is 10.2 Å². The van der Waals surface area contributed by atoms with Crippen LogP contribution in [0.15, 0.2) is 34.9 Å². The van der Waals surface area contributed by atoms with Crippen molar-refractivity contribution >= 4 is 23.4 Å². The lowest BCUT2D eigenvalue weighted by atomic mass is 10.1. The maximum atomic E-state index is 13.1. The highest BCUT2D eigenvalue weighted by atomic mass is 35.5. The minimum absolute atomic E-state index is 0.203. The Morgan fingerprint density at radius 1 is 1.39 bits per heavy atom. The van der Waals surface area contributed by atoms with Crippen molar-refractivity contribution in [3.05, 3.63) is 46.9 Å². The lowest BCUT2D eigenvalue weighted by Gasteiger charge is -2.24. The fourth-order valence-electron chi connectivity index (χ4n) is 3.28. The Hall–Kier alpha value is -2.67. The molecule has 28 heavy (non-hydrogen) atoms. The minimum Gasteiger partial charge on any atom is -0.493 e. The lowest BCUT2D eigenvalue weighted by molar-refractivity contribution is -0.125. The predicted octanol–water partition coefficient (Wildman–Crippen LogP) is 3.26. The van der Waals surface area contributed by atoms with Gasteiger partial charge in [0, 0.05) is 12.1 Å². The highest BCUT2D eigenvalue weighted by Gasteiger charge is 2.35. The van der Waals surface area contributed by atoms with Gasteiger partial charge in [0.1, 0.15) is 11.8 Å². The van der Waals surface area contributed by atoms with E-state index in [-0.39, 0.29) is 18.4 Å². The molecule has 1 fully saturated rings. The first-order chi connectivity index (χ1) is 13.5. The number of nitrogens with one attached hydrogen (secondary N) is 1. The Labute approximate surface area is 168 Å². The molecular formula is C20H23ClN2O5. The second-order valence-corrected chi connectivity index (χ2v) is 6.78. The highest BCUT2D eigenvalue weighted by Crippen LogP contribution is 2.37. The monoisotopic (exact) mass is 406 g/mol. The second kappa shape index (κ2) is 9.01. The Morgan fingerprint density at radius 3 is 2.89 bits per heavy atom. The molecule has 0 spiro atoms. The smallest absolute Gasteiger partial charge is 0.254 e. The third-order valence-corrected chi connectivity index (χ3v) is 4.88. The summed E-state index contributed by atoms with van der Waals surface area (Å²) in [4.78, 5) is 27.2. The Morgan fingerprint density at radius 2 is 2.21 bits per heavy atom. The van der Waals surface area contributed by atoms with Crippen molar-refractivity contribution in [3.63, 3.8) is 0 Å². The number of methoxy groups -OCH3 is 1. The summed E-state index contributed by atoms with van der Waals surface area (Å²) in [6, 6.07) is 6.16. The summed E-state index contributed by atoms with van der Waals surface area (Å²) in [5.74, 6) is 0.977. The summed E-state index contributed by atoms with van der Waals surface area (Å²) in [7, 11) is 1.49. The summed E-state index contributed by atoms with van der Waals surface area (Å²) >= 11 is 6.28. The van der Waals surface area contributed by atoms with Crippen molar-refractivity contribution in [2.45, 2.75) is 32.4 Å². The molecule has 2 heterocycles. The van der Waals surface area contributed by atoms with Gasteiger partial charge in [0.05, 0.1) is 31.5 Å². The van der Waals surface area contributed by atoms with E-state index in [2.05, 4.69) is 5.32 Å². The van der Waals surface area contributed by atoms with Gasteiger partial charge >= 0.3 is 0 Å². The Balaban J connectivity index is 1.75. The van der Waals surface area contributed by atoms with Crippen LogP contribution in [0.2, 0.25) is 5.02 Å². The van der Waals surface area contributed by atoms with Crippen LogP contribution in [0.4, 0.5) is 0 Å². The number of likely N-dealkylation sites (tertiary alicyclic amines) is 1. The zero-order chi connectivity index (χ0) is 20.1. The first-order valence-corrected chi connectivity index (χ1v) is 9.54. The number of halogens is 1.